The van der Waals surface area contributed by atoms with Crippen molar-refractivity contribution < 1.29 is 23.5 Å². The highest BCUT2D eigenvalue weighted by molar-refractivity contribution is 6.36. The molecule has 27 heavy (non-hydrogen) atoms. The van der Waals surface area contributed by atoms with Gasteiger partial charge in [-0.1, -0.05) is 12.1 Å². The van der Waals surface area contributed by atoms with Gasteiger partial charge in [0.1, 0.15) is 17.3 Å². The summed E-state index contributed by atoms with van der Waals surface area (Å²) in [6.45, 7) is 0.375. The van der Waals surface area contributed by atoms with E-state index in [-0.39, 0.29) is 30.2 Å². The van der Waals surface area contributed by atoms with Gasteiger partial charge in [0.15, 0.2) is 0 Å². The molecule has 0 bridgehead atoms. The van der Waals surface area contributed by atoms with E-state index in [4.69, 9.17) is 9.47 Å². The number of hydrogen-bond acceptors (Lipinski definition) is 5. The predicted molar refractivity (Wildman–Crippen MR) is 98.5 cm³/mol. The molecule has 3 rings (SSSR count). The van der Waals surface area contributed by atoms with Crippen molar-refractivity contribution in [3.8, 4) is 5.75 Å². The molecule has 0 fully saturated rings. The highest BCUT2D eigenvalue weighted by Gasteiger charge is 2.38. The Morgan fingerprint density at radius 2 is 1.63 bits per heavy atom. The Morgan fingerprint density at radius 1 is 0.963 bits per heavy atom. The van der Waals surface area contributed by atoms with E-state index in [0.717, 1.165) is 4.90 Å². The van der Waals surface area contributed by atoms with Crippen LogP contribution in [0, 0.1) is 5.82 Å². The second-order valence-electron chi connectivity index (χ2n) is 5.87. The standard InChI is InChI=1S/C20H19FN2O4/c1-26-12-11-23-19(24)17(13-3-9-16(27-2)10-4-13)18(20(23)25)22-15-7-5-14(21)6-8-15/h3-10,22H,11-12H2,1-2H3. The fourth-order valence-electron chi connectivity index (χ4n) is 2.78. The van der Waals surface area contributed by atoms with Gasteiger partial charge in [-0.3, -0.25) is 14.5 Å². The maximum Gasteiger partial charge on any atom is 0.278 e. The zero-order valence-electron chi connectivity index (χ0n) is 15.0. The van der Waals surface area contributed by atoms with Crippen LogP contribution < -0.4 is 10.1 Å². The lowest BCUT2D eigenvalue weighted by atomic mass is 10.0. The van der Waals surface area contributed by atoms with Crippen LogP contribution in [0.3, 0.4) is 0 Å². The first kappa shape index (κ1) is 18.6. The molecular weight excluding hydrogens is 351 g/mol. The fourth-order valence-corrected chi connectivity index (χ4v) is 2.78. The topological polar surface area (TPSA) is 67.9 Å². The van der Waals surface area contributed by atoms with Gasteiger partial charge in [0.05, 0.1) is 25.8 Å². The Hall–Kier alpha value is -3.19. The van der Waals surface area contributed by atoms with Gasteiger partial charge in [-0.25, -0.2) is 4.39 Å². The van der Waals surface area contributed by atoms with Crippen LogP contribution in [0.25, 0.3) is 5.57 Å². The second-order valence-corrected chi connectivity index (χ2v) is 5.87. The summed E-state index contributed by atoms with van der Waals surface area (Å²) in [6.07, 6.45) is 0. The number of amides is 2. The molecule has 140 valence electrons. The van der Waals surface area contributed by atoms with Crippen molar-refractivity contribution in [2.75, 3.05) is 32.7 Å². The number of nitrogens with zero attached hydrogens (tertiary/aromatic N) is 1. The fraction of sp³-hybridized carbons (Fsp3) is 0.200. The number of carbonyl (C=O) groups excluding carboxylic acids is 2. The largest absolute Gasteiger partial charge is 0.497 e. The van der Waals surface area contributed by atoms with Crippen LogP contribution in [-0.4, -0.2) is 44.1 Å². The minimum absolute atomic E-state index is 0.141. The quantitative estimate of drug-likeness (QED) is 0.759. The first-order valence-corrected chi connectivity index (χ1v) is 8.31. The molecule has 0 saturated carbocycles. The summed E-state index contributed by atoms with van der Waals surface area (Å²) in [5.74, 6) is -0.611. The van der Waals surface area contributed by atoms with E-state index in [0.29, 0.717) is 17.0 Å². The second kappa shape index (κ2) is 8.01. The molecule has 1 aliphatic rings. The van der Waals surface area contributed by atoms with Gasteiger partial charge in [-0.15, -0.1) is 0 Å². The third kappa shape index (κ3) is 3.83. The number of hydrogen-bond donors (Lipinski definition) is 1. The van der Waals surface area contributed by atoms with E-state index in [1.54, 1.807) is 31.4 Å². The van der Waals surface area contributed by atoms with Crippen molar-refractivity contribution in [2.45, 2.75) is 0 Å². The van der Waals surface area contributed by atoms with Crippen LogP contribution in [0.1, 0.15) is 5.56 Å². The lowest BCUT2D eigenvalue weighted by Crippen LogP contribution is -2.35. The average Bonchev–Trinajstić information content (AvgIpc) is 2.91. The van der Waals surface area contributed by atoms with Gasteiger partial charge in [0.25, 0.3) is 11.8 Å². The van der Waals surface area contributed by atoms with Gasteiger partial charge in [-0.2, -0.15) is 0 Å². The van der Waals surface area contributed by atoms with Crippen molar-refractivity contribution in [1.82, 2.24) is 4.90 Å². The molecule has 7 heteroatoms. The molecule has 2 aromatic carbocycles. The van der Waals surface area contributed by atoms with Gasteiger partial charge >= 0.3 is 0 Å². The summed E-state index contributed by atoms with van der Waals surface area (Å²) < 4.78 is 23.3. The minimum Gasteiger partial charge on any atom is -0.497 e. The molecule has 0 spiro atoms. The van der Waals surface area contributed by atoms with Crippen molar-refractivity contribution in [1.29, 1.82) is 0 Å². The maximum atomic E-state index is 13.2. The van der Waals surface area contributed by atoms with Crippen molar-refractivity contribution in [2.24, 2.45) is 0 Å². The summed E-state index contributed by atoms with van der Waals surface area (Å²) >= 11 is 0. The smallest absolute Gasteiger partial charge is 0.278 e. The Balaban J connectivity index is 2.01. The molecule has 0 unspecified atom stereocenters. The molecule has 0 atom stereocenters. The molecule has 0 saturated heterocycles. The molecular formula is C20H19FN2O4. The van der Waals surface area contributed by atoms with E-state index in [1.807, 2.05) is 0 Å². The zero-order valence-corrected chi connectivity index (χ0v) is 15.0. The van der Waals surface area contributed by atoms with Gasteiger partial charge in [0.2, 0.25) is 0 Å². The SMILES string of the molecule is COCCN1C(=O)C(Nc2ccc(F)cc2)=C(c2ccc(OC)cc2)C1=O. The van der Waals surface area contributed by atoms with Crippen LogP contribution in [0.15, 0.2) is 54.2 Å². The number of halogens is 1. The van der Waals surface area contributed by atoms with E-state index in [2.05, 4.69) is 5.32 Å². The third-order valence-corrected chi connectivity index (χ3v) is 4.18. The first-order valence-electron chi connectivity index (χ1n) is 8.31. The Kier molecular flexibility index (Phi) is 5.52. The Morgan fingerprint density at radius 3 is 2.22 bits per heavy atom. The summed E-state index contributed by atoms with van der Waals surface area (Å²) in [5.41, 5.74) is 1.49. The van der Waals surface area contributed by atoms with Crippen LogP contribution in [0.5, 0.6) is 5.75 Å². The summed E-state index contributed by atoms with van der Waals surface area (Å²) in [4.78, 5) is 26.9. The summed E-state index contributed by atoms with van der Waals surface area (Å²) in [7, 11) is 3.05. The normalized spacial score (nSPS) is 14.1. The number of anilines is 1. The van der Waals surface area contributed by atoms with Crippen molar-refractivity contribution in [3.05, 3.63) is 65.6 Å². The van der Waals surface area contributed by atoms with Crippen molar-refractivity contribution in [3.63, 3.8) is 0 Å². The number of benzene rings is 2. The monoisotopic (exact) mass is 370 g/mol. The molecule has 1 heterocycles. The molecule has 0 aromatic heterocycles. The third-order valence-electron chi connectivity index (χ3n) is 4.18. The highest BCUT2D eigenvalue weighted by atomic mass is 19.1. The lowest BCUT2D eigenvalue weighted by Gasteiger charge is -2.14. The number of imide groups is 1. The highest BCUT2D eigenvalue weighted by Crippen LogP contribution is 2.31. The molecule has 2 aromatic rings. The van der Waals surface area contributed by atoms with E-state index < -0.39 is 11.8 Å². The van der Waals surface area contributed by atoms with Crippen LogP contribution in [-0.2, 0) is 14.3 Å². The van der Waals surface area contributed by atoms with E-state index >= 15 is 0 Å². The molecule has 2 amide bonds. The molecule has 6 nitrogen and oxygen atoms in total. The molecule has 0 aliphatic carbocycles. The average molecular weight is 370 g/mol. The van der Waals surface area contributed by atoms with Gasteiger partial charge < -0.3 is 14.8 Å². The van der Waals surface area contributed by atoms with Crippen LogP contribution in [0.2, 0.25) is 0 Å². The zero-order chi connectivity index (χ0) is 19.4. The molecule has 0 radical (unpaired) electrons. The number of methoxy groups -OCH3 is 2. The van der Waals surface area contributed by atoms with Gasteiger partial charge in [-0.05, 0) is 42.0 Å². The number of carbonyl (C=O) groups is 2. The summed E-state index contributed by atoms with van der Waals surface area (Å²) in [6, 6.07) is 12.4. The van der Waals surface area contributed by atoms with Crippen LogP contribution in [0.4, 0.5) is 10.1 Å². The van der Waals surface area contributed by atoms with E-state index in [9.17, 15) is 14.0 Å². The Bertz CT molecular complexity index is 876. The predicted octanol–water partition coefficient (Wildman–Crippen LogP) is 2.67. The number of nitrogens with one attached hydrogen (secondary N) is 1. The van der Waals surface area contributed by atoms with Gasteiger partial charge in [0, 0.05) is 12.8 Å². The number of ether oxygens (including phenoxy) is 2. The minimum atomic E-state index is -0.452. The van der Waals surface area contributed by atoms with E-state index in [1.165, 1.54) is 31.4 Å². The molecule has 1 N–H and O–H groups in total. The number of rotatable bonds is 7. The van der Waals surface area contributed by atoms with Crippen LogP contribution >= 0.6 is 0 Å². The Labute approximate surface area is 156 Å². The summed E-state index contributed by atoms with van der Waals surface area (Å²) in [5, 5.41) is 2.96. The van der Waals surface area contributed by atoms with Crippen molar-refractivity contribution >= 4 is 23.1 Å². The molecule has 1 aliphatic heterocycles. The maximum absolute atomic E-state index is 13.2. The first-order chi connectivity index (χ1) is 13.0. The lowest BCUT2D eigenvalue weighted by molar-refractivity contribution is -0.137.